The molecule has 4 rings (SSSR count). The third-order valence-electron chi connectivity index (χ3n) is 6.75. The van der Waals surface area contributed by atoms with Gasteiger partial charge in [-0.2, -0.15) is 0 Å². The number of methoxy groups -OCH3 is 1. The zero-order chi connectivity index (χ0) is 28.5. The number of aromatic hydroxyl groups is 1. The summed E-state index contributed by atoms with van der Waals surface area (Å²) in [6.07, 6.45) is -4.46. The number of aliphatic hydroxyl groups is 2. The summed E-state index contributed by atoms with van der Waals surface area (Å²) in [6, 6.07) is 7.95. The molecule has 39 heavy (non-hydrogen) atoms. The van der Waals surface area contributed by atoms with Crippen LogP contribution in [0.3, 0.4) is 0 Å². The average Bonchev–Trinajstić information content (AvgIpc) is 2.91. The highest BCUT2D eigenvalue weighted by molar-refractivity contribution is 5.98. The minimum Gasteiger partial charge on any atom is -0.506 e. The summed E-state index contributed by atoms with van der Waals surface area (Å²) in [7, 11) is 1.32. The second-order valence-corrected chi connectivity index (χ2v) is 9.28. The average molecular weight is 545 g/mol. The summed E-state index contributed by atoms with van der Waals surface area (Å²) in [5.41, 5.74) is -2.66. The molecule has 3 heterocycles. The number of carbonyl (C=O) groups is 2. The number of aromatic nitrogens is 1. The summed E-state index contributed by atoms with van der Waals surface area (Å²) >= 11 is 0. The SMILES string of the molecule is CO[C@@H]1[C@H](OC(=O)NCc2ccccn2)[C@@H](O)[C@H](c2ccc3c(O)c(C(=O)O)c(=O)oc3c2C)O[C@]1(C)CO. The minimum absolute atomic E-state index is 0.0417. The molecule has 1 aromatic carbocycles. The number of nitrogens with one attached hydrogen (secondary N) is 1. The van der Waals surface area contributed by atoms with Gasteiger partial charge < -0.3 is 44.4 Å². The number of ether oxygens (including phenoxy) is 3. The van der Waals surface area contributed by atoms with Crippen LogP contribution < -0.4 is 10.9 Å². The zero-order valence-corrected chi connectivity index (χ0v) is 21.3. The number of aliphatic hydroxyl groups excluding tert-OH is 2. The van der Waals surface area contributed by atoms with Crippen molar-refractivity contribution in [2.45, 2.75) is 50.4 Å². The van der Waals surface area contributed by atoms with Crippen molar-refractivity contribution < 1.29 is 48.6 Å². The highest BCUT2D eigenvalue weighted by Crippen LogP contribution is 2.43. The Labute approximate surface area is 221 Å². The molecule has 0 unspecified atom stereocenters. The van der Waals surface area contributed by atoms with Gasteiger partial charge in [0, 0.05) is 13.3 Å². The third-order valence-corrected chi connectivity index (χ3v) is 6.75. The van der Waals surface area contributed by atoms with Gasteiger partial charge in [-0.1, -0.05) is 12.1 Å². The molecule has 1 aliphatic heterocycles. The molecule has 0 radical (unpaired) electrons. The number of hydrogen-bond donors (Lipinski definition) is 5. The van der Waals surface area contributed by atoms with Crippen LogP contribution in [0.2, 0.25) is 0 Å². The van der Waals surface area contributed by atoms with Gasteiger partial charge in [0.05, 0.1) is 24.2 Å². The Bertz CT molecular complexity index is 1440. The summed E-state index contributed by atoms with van der Waals surface area (Å²) in [4.78, 5) is 40.4. The summed E-state index contributed by atoms with van der Waals surface area (Å²) in [5.74, 6) is -2.42. The highest BCUT2D eigenvalue weighted by Gasteiger charge is 2.54. The molecule has 5 N–H and O–H groups in total. The van der Waals surface area contributed by atoms with E-state index in [9.17, 15) is 34.8 Å². The molecule has 0 aliphatic carbocycles. The smallest absolute Gasteiger partial charge is 0.407 e. The molecule has 0 spiro atoms. The number of alkyl carbamates (subject to hydrolysis) is 1. The van der Waals surface area contributed by atoms with Gasteiger partial charge in [0.15, 0.2) is 11.7 Å². The van der Waals surface area contributed by atoms with Crippen molar-refractivity contribution in [1.82, 2.24) is 10.3 Å². The largest absolute Gasteiger partial charge is 0.506 e. The van der Waals surface area contributed by atoms with Gasteiger partial charge >= 0.3 is 17.7 Å². The molecule has 1 aliphatic rings. The van der Waals surface area contributed by atoms with Crippen molar-refractivity contribution in [2.24, 2.45) is 0 Å². The Morgan fingerprint density at radius 2 is 1.97 bits per heavy atom. The van der Waals surface area contributed by atoms with E-state index in [0.717, 1.165) is 0 Å². The first-order chi connectivity index (χ1) is 18.5. The van der Waals surface area contributed by atoms with Crippen molar-refractivity contribution in [3.05, 3.63) is 69.3 Å². The third kappa shape index (κ3) is 5.16. The van der Waals surface area contributed by atoms with E-state index < -0.39 is 65.6 Å². The van der Waals surface area contributed by atoms with Crippen LogP contribution in [0, 0.1) is 6.92 Å². The number of aryl methyl sites for hydroxylation is 1. The van der Waals surface area contributed by atoms with E-state index in [1.807, 2.05) is 0 Å². The summed E-state index contributed by atoms with van der Waals surface area (Å²) in [5, 5.41) is 43.7. The molecule has 1 fully saturated rings. The molecule has 0 bridgehead atoms. The maximum absolute atomic E-state index is 12.7. The molecular formula is C26H28N2O11. The lowest BCUT2D eigenvalue weighted by Crippen LogP contribution is -2.64. The summed E-state index contributed by atoms with van der Waals surface area (Å²) in [6.45, 7) is 2.52. The van der Waals surface area contributed by atoms with Crippen molar-refractivity contribution >= 4 is 23.0 Å². The van der Waals surface area contributed by atoms with E-state index in [1.54, 1.807) is 24.4 Å². The molecule has 0 saturated carbocycles. The van der Waals surface area contributed by atoms with Gasteiger partial charge in [-0.05, 0) is 43.2 Å². The lowest BCUT2D eigenvalue weighted by molar-refractivity contribution is -0.278. The predicted octanol–water partition coefficient (Wildman–Crippen LogP) is 1.39. The van der Waals surface area contributed by atoms with Crippen LogP contribution in [0.5, 0.6) is 5.75 Å². The topological polar surface area (TPSA) is 198 Å². The normalized spacial score (nSPS) is 24.8. The number of aromatic carboxylic acids is 1. The van der Waals surface area contributed by atoms with Gasteiger partial charge in [-0.3, -0.25) is 4.98 Å². The van der Waals surface area contributed by atoms with Crippen LogP contribution in [0.1, 0.15) is 40.2 Å². The van der Waals surface area contributed by atoms with E-state index in [4.69, 9.17) is 18.6 Å². The number of nitrogens with zero attached hydrogens (tertiary/aromatic N) is 1. The molecule has 13 heteroatoms. The fraction of sp³-hybridized carbons (Fsp3) is 0.385. The molecule has 1 saturated heterocycles. The van der Waals surface area contributed by atoms with Gasteiger partial charge in [-0.25, -0.2) is 14.4 Å². The fourth-order valence-corrected chi connectivity index (χ4v) is 4.74. The number of pyridine rings is 1. The maximum atomic E-state index is 12.7. The van der Waals surface area contributed by atoms with Crippen LogP contribution in [0.15, 0.2) is 45.7 Å². The molecule has 13 nitrogen and oxygen atoms in total. The number of fused-ring (bicyclic) bond motifs is 1. The number of carboxylic acids is 1. The van der Waals surface area contributed by atoms with Crippen molar-refractivity contribution in [1.29, 1.82) is 0 Å². The molecule has 3 aromatic rings. The van der Waals surface area contributed by atoms with Crippen LogP contribution in [-0.2, 0) is 20.8 Å². The van der Waals surface area contributed by atoms with Gasteiger partial charge in [0.25, 0.3) is 0 Å². The molecular weight excluding hydrogens is 516 g/mol. The number of carbonyl (C=O) groups excluding carboxylic acids is 1. The number of amides is 1. The molecule has 1 amide bonds. The first-order valence-corrected chi connectivity index (χ1v) is 11.9. The minimum atomic E-state index is -1.65. The van der Waals surface area contributed by atoms with Gasteiger partial charge in [0.2, 0.25) is 0 Å². The molecule has 2 aromatic heterocycles. The van der Waals surface area contributed by atoms with Crippen molar-refractivity contribution in [2.75, 3.05) is 13.7 Å². The second-order valence-electron chi connectivity index (χ2n) is 9.28. The van der Waals surface area contributed by atoms with Crippen molar-refractivity contribution in [3.8, 4) is 5.75 Å². The van der Waals surface area contributed by atoms with Crippen LogP contribution in [-0.4, -0.2) is 75.1 Å². The monoisotopic (exact) mass is 544 g/mol. The van der Waals surface area contributed by atoms with Crippen LogP contribution in [0.25, 0.3) is 11.0 Å². The Morgan fingerprint density at radius 3 is 2.59 bits per heavy atom. The van der Waals surface area contributed by atoms with E-state index in [1.165, 1.54) is 33.1 Å². The zero-order valence-electron chi connectivity index (χ0n) is 21.3. The second kappa shape index (κ2) is 11.0. The first-order valence-electron chi connectivity index (χ1n) is 11.9. The Morgan fingerprint density at radius 1 is 1.23 bits per heavy atom. The van der Waals surface area contributed by atoms with Gasteiger partial charge in [-0.15, -0.1) is 0 Å². The standard InChI is InChI=1S/C26H28N2O11/c1-12-14(7-8-15-17(30)16(23(32)33)24(34)37-19(12)15)20-18(31)21(22(36-3)26(2,11-29)39-20)38-25(35)28-10-13-6-4-5-9-27-13/h4-9,18,20-22,29-31H,10-11H2,1-3H3,(H,28,35)(H,32,33)/t18-,20-,21+,22+,26+/m0/s1. The maximum Gasteiger partial charge on any atom is 0.407 e. The predicted molar refractivity (Wildman–Crippen MR) is 133 cm³/mol. The Balaban J connectivity index is 1.70. The fourth-order valence-electron chi connectivity index (χ4n) is 4.74. The van der Waals surface area contributed by atoms with E-state index in [-0.39, 0.29) is 28.6 Å². The Hall–Kier alpha value is -4.04. The quantitative estimate of drug-likeness (QED) is 0.268. The van der Waals surface area contributed by atoms with Crippen LogP contribution in [0.4, 0.5) is 4.79 Å². The number of rotatable bonds is 7. The summed E-state index contributed by atoms with van der Waals surface area (Å²) < 4.78 is 22.4. The lowest BCUT2D eigenvalue weighted by atomic mass is 9.83. The van der Waals surface area contributed by atoms with E-state index in [0.29, 0.717) is 5.69 Å². The number of benzene rings is 1. The Kier molecular flexibility index (Phi) is 7.88. The van der Waals surface area contributed by atoms with E-state index in [2.05, 4.69) is 10.3 Å². The van der Waals surface area contributed by atoms with E-state index >= 15 is 0 Å². The van der Waals surface area contributed by atoms with Crippen LogP contribution >= 0.6 is 0 Å². The first kappa shape index (κ1) is 28.0. The number of carboxylic acid groups (broad SMARTS) is 1. The molecule has 208 valence electrons. The lowest BCUT2D eigenvalue weighted by Gasteiger charge is -2.49. The highest BCUT2D eigenvalue weighted by atomic mass is 16.6. The van der Waals surface area contributed by atoms with Crippen molar-refractivity contribution in [3.63, 3.8) is 0 Å². The molecule has 5 atom stereocenters. The number of hydrogen-bond acceptors (Lipinski definition) is 11. The van der Waals surface area contributed by atoms with Gasteiger partial charge in [0.1, 0.15) is 35.2 Å².